The van der Waals surface area contributed by atoms with Gasteiger partial charge in [0.25, 0.3) is 0 Å². The molecule has 3 rings (SSSR count). The molecule has 0 unspecified atom stereocenters. The highest BCUT2D eigenvalue weighted by Gasteiger charge is 2.04. The van der Waals surface area contributed by atoms with E-state index in [2.05, 4.69) is 37.6 Å². The Morgan fingerprint density at radius 1 is 0.926 bits per heavy atom. The summed E-state index contributed by atoms with van der Waals surface area (Å²) >= 11 is 5.93. The lowest BCUT2D eigenvalue weighted by molar-refractivity contribution is 0.983. The minimum absolute atomic E-state index is 0.721. The van der Waals surface area contributed by atoms with E-state index in [0.717, 1.165) is 46.8 Å². The second-order valence-corrected chi connectivity index (χ2v) is 6.99. The SMILES string of the molecule is Cc1nc(NCCc2ccc(Cl)cc2)cc(Nc2ccc(N(C)C)cc2)n1. The van der Waals surface area contributed by atoms with E-state index < -0.39 is 0 Å². The first kappa shape index (κ1) is 19.0. The van der Waals surface area contributed by atoms with Gasteiger partial charge in [-0.15, -0.1) is 0 Å². The minimum Gasteiger partial charge on any atom is -0.378 e. The summed E-state index contributed by atoms with van der Waals surface area (Å²) in [6, 6.07) is 18.1. The Morgan fingerprint density at radius 2 is 1.59 bits per heavy atom. The molecule has 0 radical (unpaired) electrons. The van der Waals surface area contributed by atoms with Crippen molar-refractivity contribution in [2.45, 2.75) is 13.3 Å². The second-order valence-electron chi connectivity index (χ2n) is 6.56. The molecule has 27 heavy (non-hydrogen) atoms. The molecule has 6 heteroatoms. The molecule has 0 bridgehead atoms. The van der Waals surface area contributed by atoms with Gasteiger partial charge in [-0.2, -0.15) is 0 Å². The number of aromatic nitrogens is 2. The van der Waals surface area contributed by atoms with E-state index in [1.54, 1.807) is 0 Å². The number of aryl methyl sites for hydroxylation is 1. The summed E-state index contributed by atoms with van der Waals surface area (Å²) in [4.78, 5) is 11.0. The summed E-state index contributed by atoms with van der Waals surface area (Å²) in [6.45, 7) is 2.68. The van der Waals surface area contributed by atoms with E-state index in [-0.39, 0.29) is 0 Å². The fraction of sp³-hybridized carbons (Fsp3) is 0.238. The summed E-state index contributed by atoms with van der Waals surface area (Å²) in [5.74, 6) is 2.30. The van der Waals surface area contributed by atoms with Crippen molar-refractivity contribution >= 4 is 34.6 Å². The third-order valence-corrected chi connectivity index (χ3v) is 4.38. The Labute approximate surface area is 165 Å². The molecule has 2 N–H and O–H groups in total. The van der Waals surface area contributed by atoms with Gasteiger partial charge >= 0.3 is 0 Å². The smallest absolute Gasteiger partial charge is 0.136 e. The van der Waals surface area contributed by atoms with Gasteiger partial charge in [0.1, 0.15) is 17.5 Å². The highest BCUT2D eigenvalue weighted by Crippen LogP contribution is 2.20. The van der Waals surface area contributed by atoms with Gasteiger partial charge in [0.15, 0.2) is 0 Å². The number of nitrogens with zero attached hydrogens (tertiary/aromatic N) is 3. The van der Waals surface area contributed by atoms with Crippen LogP contribution in [0.5, 0.6) is 0 Å². The molecule has 140 valence electrons. The van der Waals surface area contributed by atoms with Crippen molar-refractivity contribution in [1.29, 1.82) is 0 Å². The van der Waals surface area contributed by atoms with E-state index in [0.29, 0.717) is 0 Å². The minimum atomic E-state index is 0.721. The lowest BCUT2D eigenvalue weighted by Gasteiger charge is -2.14. The molecular formula is C21H24ClN5. The fourth-order valence-corrected chi connectivity index (χ4v) is 2.83. The largest absolute Gasteiger partial charge is 0.378 e. The molecule has 0 aliphatic heterocycles. The zero-order valence-electron chi connectivity index (χ0n) is 15.8. The lowest BCUT2D eigenvalue weighted by Crippen LogP contribution is -2.09. The predicted molar refractivity (Wildman–Crippen MR) is 114 cm³/mol. The maximum Gasteiger partial charge on any atom is 0.136 e. The Hall–Kier alpha value is -2.79. The van der Waals surface area contributed by atoms with Crippen molar-refractivity contribution in [2.24, 2.45) is 0 Å². The number of rotatable bonds is 7. The Bertz CT molecular complexity index is 876. The van der Waals surface area contributed by atoms with Crippen molar-refractivity contribution in [2.75, 3.05) is 36.2 Å². The Kier molecular flexibility index (Phi) is 6.14. The lowest BCUT2D eigenvalue weighted by atomic mass is 10.1. The molecule has 1 heterocycles. The van der Waals surface area contributed by atoms with Gasteiger partial charge in [-0.05, 0) is 55.3 Å². The normalized spacial score (nSPS) is 10.5. The van der Waals surface area contributed by atoms with Crippen LogP contribution in [0.15, 0.2) is 54.6 Å². The zero-order chi connectivity index (χ0) is 19.2. The van der Waals surface area contributed by atoms with Gasteiger partial charge in [0.2, 0.25) is 0 Å². The van der Waals surface area contributed by atoms with Gasteiger partial charge in [0, 0.05) is 43.1 Å². The van der Waals surface area contributed by atoms with E-state index in [4.69, 9.17) is 11.6 Å². The maximum atomic E-state index is 5.93. The van der Waals surface area contributed by atoms with Crippen molar-refractivity contribution in [3.63, 3.8) is 0 Å². The molecule has 0 spiro atoms. The average molecular weight is 382 g/mol. The topological polar surface area (TPSA) is 53.1 Å². The Balaban J connectivity index is 1.62. The molecule has 0 amide bonds. The van der Waals surface area contributed by atoms with Crippen molar-refractivity contribution in [3.05, 3.63) is 71.0 Å². The van der Waals surface area contributed by atoms with Crippen molar-refractivity contribution in [1.82, 2.24) is 9.97 Å². The number of nitrogens with one attached hydrogen (secondary N) is 2. The van der Waals surface area contributed by atoms with Gasteiger partial charge in [-0.25, -0.2) is 9.97 Å². The zero-order valence-corrected chi connectivity index (χ0v) is 16.6. The van der Waals surface area contributed by atoms with Gasteiger partial charge in [-0.1, -0.05) is 23.7 Å². The molecule has 0 saturated carbocycles. The van der Waals surface area contributed by atoms with E-state index >= 15 is 0 Å². The van der Waals surface area contributed by atoms with Crippen molar-refractivity contribution in [3.8, 4) is 0 Å². The molecule has 5 nitrogen and oxygen atoms in total. The summed E-state index contributed by atoms with van der Waals surface area (Å²) in [6.07, 6.45) is 0.898. The third-order valence-electron chi connectivity index (χ3n) is 4.13. The number of hydrogen-bond acceptors (Lipinski definition) is 5. The van der Waals surface area contributed by atoms with Gasteiger partial charge < -0.3 is 15.5 Å². The third kappa shape index (κ3) is 5.59. The summed E-state index contributed by atoms with van der Waals surface area (Å²) in [7, 11) is 4.05. The summed E-state index contributed by atoms with van der Waals surface area (Å²) in [5, 5.41) is 7.47. The highest BCUT2D eigenvalue weighted by atomic mass is 35.5. The molecule has 2 aromatic carbocycles. The van der Waals surface area contributed by atoms with Crippen LogP contribution in [0.2, 0.25) is 5.02 Å². The van der Waals surface area contributed by atoms with Crippen LogP contribution in [0.1, 0.15) is 11.4 Å². The van der Waals surface area contributed by atoms with E-state index in [1.807, 2.05) is 63.5 Å². The van der Waals surface area contributed by atoms with Gasteiger partial charge in [0.05, 0.1) is 0 Å². The number of benzene rings is 2. The van der Waals surface area contributed by atoms with Crippen LogP contribution in [-0.4, -0.2) is 30.6 Å². The monoisotopic (exact) mass is 381 g/mol. The van der Waals surface area contributed by atoms with Crippen LogP contribution in [0.3, 0.4) is 0 Å². The molecule has 0 aliphatic rings. The molecular weight excluding hydrogens is 358 g/mol. The van der Waals surface area contributed by atoms with Crippen LogP contribution < -0.4 is 15.5 Å². The van der Waals surface area contributed by atoms with Crippen molar-refractivity contribution < 1.29 is 0 Å². The number of halogens is 1. The van der Waals surface area contributed by atoms with Crippen LogP contribution in [-0.2, 0) is 6.42 Å². The molecule has 0 fully saturated rings. The standard InChI is InChI=1S/C21H24ClN5/c1-15-24-20(23-13-12-16-4-6-17(22)7-5-16)14-21(25-15)26-18-8-10-19(11-9-18)27(2)3/h4-11,14H,12-13H2,1-3H3,(H2,23,24,25,26). The molecule has 0 aliphatic carbocycles. The Morgan fingerprint density at radius 3 is 2.26 bits per heavy atom. The van der Waals surface area contributed by atoms with E-state index in [1.165, 1.54) is 5.56 Å². The quantitative estimate of drug-likeness (QED) is 0.609. The highest BCUT2D eigenvalue weighted by molar-refractivity contribution is 6.30. The maximum absolute atomic E-state index is 5.93. The van der Waals surface area contributed by atoms with Gasteiger partial charge in [-0.3, -0.25) is 0 Å². The molecule has 0 saturated heterocycles. The number of hydrogen-bond donors (Lipinski definition) is 2. The van der Waals surface area contributed by atoms with Crippen LogP contribution in [0, 0.1) is 6.92 Å². The molecule has 1 aromatic heterocycles. The summed E-state index contributed by atoms with van der Waals surface area (Å²) in [5.41, 5.74) is 3.38. The molecule has 3 aromatic rings. The first-order valence-electron chi connectivity index (χ1n) is 8.88. The van der Waals surface area contributed by atoms with Crippen LogP contribution >= 0.6 is 11.6 Å². The number of anilines is 4. The first-order valence-corrected chi connectivity index (χ1v) is 9.26. The average Bonchev–Trinajstić information content (AvgIpc) is 2.63. The fourth-order valence-electron chi connectivity index (χ4n) is 2.70. The van der Waals surface area contributed by atoms with Crippen LogP contribution in [0.25, 0.3) is 0 Å². The summed E-state index contributed by atoms with van der Waals surface area (Å²) < 4.78 is 0. The van der Waals surface area contributed by atoms with Crippen LogP contribution in [0.4, 0.5) is 23.0 Å². The van der Waals surface area contributed by atoms with E-state index in [9.17, 15) is 0 Å². The predicted octanol–water partition coefficient (Wildman–Crippen LogP) is 4.90. The second kappa shape index (κ2) is 8.73. The molecule has 0 atom stereocenters. The first-order chi connectivity index (χ1) is 13.0.